The average Bonchev–Trinajstić information content (AvgIpc) is 2.18. The van der Waals surface area contributed by atoms with Gasteiger partial charge in [0.25, 0.3) is 5.56 Å². The number of rotatable bonds is 1. The molecule has 14 heavy (non-hydrogen) atoms. The Bertz CT molecular complexity index is 369. The number of aromatic nitrogens is 2. The van der Waals surface area contributed by atoms with Crippen molar-refractivity contribution in [2.75, 3.05) is 13.1 Å². The lowest BCUT2D eigenvalue weighted by molar-refractivity contribution is 0.418. The normalized spacial score (nSPS) is 18.3. The lowest BCUT2D eigenvalue weighted by Gasteiger charge is -2.21. The molecule has 0 aliphatic carbocycles. The third kappa shape index (κ3) is 1.93. The number of nitrogens with one attached hydrogen (secondary N) is 2. The zero-order valence-corrected chi connectivity index (χ0v) is 7.79. The molecule has 1 aromatic rings. The van der Waals surface area contributed by atoms with Crippen LogP contribution in [-0.4, -0.2) is 28.2 Å². The van der Waals surface area contributed by atoms with E-state index in [-0.39, 0.29) is 17.4 Å². The van der Waals surface area contributed by atoms with Gasteiger partial charge in [0.1, 0.15) is 5.82 Å². The monoisotopic (exact) mass is 195 g/mol. The van der Waals surface area contributed by atoms with E-state index in [9.17, 15) is 9.90 Å². The molecule has 2 heterocycles. The summed E-state index contributed by atoms with van der Waals surface area (Å²) in [6.45, 7) is 1.87. The Kier molecular flexibility index (Phi) is 2.49. The molecule has 76 valence electrons. The predicted molar refractivity (Wildman–Crippen MR) is 51.4 cm³/mol. The van der Waals surface area contributed by atoms with E-state index in [1.54, 1.807) is 0 Å². The van der Waals surface area contributed by atoms with Crippen LogP contribution in [0.5, 0.6) is 5.88 Å². The van der Waals surface area contributed by atoms with E-state index in [1.165, 1.54) is 0 Å². The van der Waals surface area contributed by atoms with Crippen molar-refractivity contribution in [1.29, 1.82) is 0 Å². The van der Waals surface area contributed by atoms with E-state index >= 15 is 0 Å². The van der Waals surface area contributed by atoms with E-state index < -0.39 is 0 Å². The highest BCUT2D eigenvalue weighted by atomic mass is 16.3. The van der Waals surface area contributed by atoms with Crippen molar-refractivity contribution < 1.29 is 5.11 Å². The zero-order chi connectivity index (χ0) is 9.97. The minimum absolute atomic E-state index is 0.192. The molecule has 0 atom stereocenters. The lowest BCUT2D eigenvalue weighted by Crippen LogP contribution is -2.28. The molecule has 2 rings (SSSR count). The molecule has 3 N–H and O–H groups in total. The van der Waals surface area contributed by atoms with E-state index in [0.29, 0.717) is 5.82 Å². The van der Waals surface area contributed by atoms with Gasteiger partial charge in [0.05, 0.1) is 6.07 Å². The molecule has 1 saturated heterocycles. The molecule has 0 aromatic carbocycles. The quantitative estimate of drug-likeness (QED) is 0.586. The van der Waals surface area contributed by atoms with Crippen molar-refractivity contribution in [1.82, 2.24) is 15.3 Å². The topological polar surface area (TPSA) is 78.0 Å². The van der Waals surface area contributed by atoms with Gasteiger partial charge >= 0.3 is 0 Å². The highest BCUT2D eigenvalue weighted by Gasteiger charge is 2.17. The molecule has 0 spiro atoms. The van der Waals surface area contributed by atoms with Gasteiger partial charge in [-0.05, 0) is 25.9 Å². The van der Waals surface area contributed by atoms with E-state index in [0.717, 1.165) is 32.0 Å². The van der Waals surface area contributed by atoms with Crippen LogP contribution in [0.4, 0.5) is 0 Å². The summed E-state index contributed by atoms with van der Waals surface area (Å²) in [5, 5.41) is 12.4. The highest BCUT2D eigenvalue weighted by molar-refractivity contribution is 5.09. The van der Waals surface area contributed by atoms with Crippen LogP contribution >= 0.6 is 0 Å². The van der Waals surface area contributed by atoms with Crippen LogP contribution in [0.25, 0.3) is 0 Å². The minimum atomic E-state index is -0.286. The Labute approximate surface area is 81.2 Å². The molecular formula is C9H13N3O2. The number of H-pyrrole nitrogens is 1. The first kappa shape index (κ1) is 9.21. The molecule has 1 aliphatic heterocycles. The Morgan fingerprint density at radius 2 is 2.14 bits per heavy atom. The lowest BCUT2D eigenvalue weighted by atomic mass is 9.97. The smallest absolute Gasteiger partial charge is 0.254 e. The number of hydrogen-bond donors (Lipinski definition) is 3. The number of aromatic hydroxyl groups is 1. The van der Waals surface area contributed by atoms with Gasteiger partial charge in [-0.15, -0.1) is 0 Å². The molecular weight excluding hydrogens is 182 g/mol. The Hall–Kier alpha value is -1.36. The first-order valence-corrected chi connectivity index (χ1v) is 4.76. The molecule has 1 aliphatic rings. The first-order valence-electron chi connectivity index (χ1n) is 4.76. The minimum Gasteiger partial charge on any atom is -0.493 e. The summed E-state index contributed by atoms with van der Waals surface area (Å²) in [5.74, 6) is 0.676. The van der Waals surface area contributed by atoms with Gasteiger partial charge in [0.15, 0.2) is 0 Å². The van der Waals surface area contributed by atoms with E-state index in [4.69, 9.17) is 0 Å². The van der Waals surface area contributed by atoms with Gasteiger partial charge in [0.2, 0.25) is 5.88 Å². The molecule has 5 heteroatoms. The maximum absolute atomic E-state index is 11.1. The van der Waals surface area contributed by atoms with Crippen molar-refractivity contribution in [3.8, 4) is 5.88 Å². The Balaban J connectivity index is 2.26. The molecule has 0 amide bonds. The number of hydrogen-bond acceptors (Lipinski definition) is 4. The van der Waals surface area contributed by atoms with Crippen LogP contribution in [0.1, 0.15) is 24.6 Å². The molecule has 0 bridgehead atoms. The van der Waals surface area contributed by atoms with Crippen LogP contribution in [0.3, 0.4) is 0 Å². The summed E-state index contributed by atoms with van der Waals surface area (Å²) >= 11 is 0. The van der Waals surface area contributed by atoms with Gasteiger partial charge in [-0.25, -0.2) is 4.98 Å². The van der Waals surface area contributed by atoms with E-state index in [2.05, 4.69) is 15.3 Å². The third-order valence-electron chi connectivity index (χ3n) is 2.47. The second kappa shape index (κ2) is 3.79. The standard InChI is InChI=1S/C9H13N3O2/c13-7-5-8(14)12-9(11-7)6-1-3-10-4-2-6/h5-6,10H,1-4H2,(H2,11,12,13,14). The van der Waals surface area contributed by atoms with Crippen molar-refractivity contribution in [2.24, 2.45) is 0 Å². The summed E-state index contributed by atoms with van der Waals surface area (Å²) < 4.78 is 0. The number of nitrogens with zero attached hydrogens (tertiary/aromatic N) is 1. The predicted octanol–water partition coefficient (Wildman–Crippen LogP) is -0.0575. The molecule has 0 saturated carbocycles. The van der Waals surface area contributed by atoms with Crippen molar-refractivity contribution >= 4 is 0 Å². The molecule has 0 radical (unpaired) electrons. The molecule has 5 nitrogen and oxygen atoms in total. The van der Waals surface area contributed by atoms with Crippen molar-refractivity contribution in [3.05, 3.63) is 22.2 Å². The second-order valence-electron chi connectivity index (χ2n) is 3.51. The fraction of sp³-hybridized carbons (Fsp3) is 0.556. The van der Waals surface area contributed by atoms with Gasteiger partial charge < -0.3 is 15.4 Å². The van der Waals surface area contributed by atoms with Crippen molar-refractivity contribution in [3.63, 3.8) is 0 Å². The summed E-state index contributed by atoms with van der Waals surface area (Å²) in [6, 6.07) is 1.09. The van der Waals surface area contributed by atoms with Gasteiger partial charge in [0, 0.05) is 5.92 Å². The van der Waals surface area contributed by atoms with Gasteiger partial charge in [-0.1, -0.05) is 0 Å². The Morgan fingerprint density at radius 3 is 2.79 bits per heavy atom. The number of piperidine rings is 1. The van der Waals surface area contributed by atoms with Crippen LogP contribution in [-0.2, 0) is 0 Å². The average molecular weight is 195 g/mol. The van der Waals surface area contributed by atoms with Gasteiger partial charge in [-0.3, -0.25) is 4.79 Å². The summed E-state index contributed by atoms with van der Waals surface area (Å²) in [4.78, 5) is 17.7. The largest absolute Gasteiger partial charge is 0.493 e. The maximum atomic E-state index is 11.1. The maximum Gasteiger partial charge on any atom is 0.254 e. The summed E-state index contributed by atoms with van der Waals surface area (Å²) in [6.07, 6.45) is 1.90. The first-order chi connectivity index (χ1) is 6.75. The molecule has 1 aromatic heterocycles. The highest BCUT2D eigenvalue weighted by Crippen LogP contribution is 2.21. The van der Waals surface area contributed by atoms with E-state index in [1.807, 2.05) is 0 Å². The van der Waals surface area contributed by atoms with Crippen LogP contribution < -0.4 is 10.9 Å². The number of aromatic amines is 1. The van der Waals surface area contributed by atoms with Gasteiger partial charge in [-0.2, -0.15) is 0 Å². The molecule has 1 fully saturated rings. The van der Waals surface area contributed by atoms with Crippen molar-refractivity contribution in [2.45, 2.75) is 18.8 Å². The SMILES string of the molecule is O=c1cc(O)nc(C2CCNCC2)[nH]1. The zero-order valence-electron chi connectivity index (χ0n) is 7.79. The summed E-state index contributed by atoms with van der Waals surface area (Å²) in [7, 11) is 0. The third-order valence-corrected chi connectivity index (χ3v) is 2.47. The van der Waals surface area contributed by atoms with Crippen LogP contribution in [0.2, 0.25) is 0 Å². The fourth-order valence-corrected chi connectivity index (χ4v) is 1.75. The van der Waals surface area contributed by atoms with Crippen LogP contribution in [0.15, 0.2) is 10.9 Å². The van der Waals surface area contributed by atoms with Crippen LogP contribution in [0, 0.1) is 0 Å². The Morgan fingerprint density at radius 1 is 1.43 bits per heavy atom. The second-order valence-corrected chi connectivity index (χ2v) is 3.51. The summed E-state index contributed by atoms with van der Waals surface area (Å²) in [5.41, 5.74) is -0.286. The molecule has 0 unspecified atom stereocenters. The fourth-order valence-electron chi connectivity index (χ4n) is 1.75.